The third kappa shape index (κ3) is 3.73. The van der Waals surface area contributed by atoms with Crippen LogP contribution < -0.4 is 15.3 Å². The van der Waals surface area contributed by atoms with E-state index in [1.165, 1.54) is 19.4 Å². The van der Waals surface area contributed by atoms with Gasteiger partial charge in [-0.1, -0.05) is 15.9 Å². The van der Waals surface area contributed by atoms with Gasteiger partial charge in [0, 0.05) is 21.9 Å². The molecule has 0 bridgehead atoms. The minimum atomic E-state index is -0.759. The van der Waals surface area contributed by atoms with E-state index in [0.29, 0.717) is 5.56 Å². The summed E-state index contributed by atoms with van der Waals surface area (Å²) in [6.07, 6.45) is 1.37. The molecule has 0 aliphatic rings. The van der Waals surface area contributed by atoms with Gasteiger partial charge in [0.25, 0.3) is 5.69 Å². The van der Waals surface area contributed by atoms with E-state index in [2.05, 4.69) is 26.5 Å². The van der Waals surface area contributed by atoms with E-state index in [0.717, 1.165) is 16.2 Å². The van der Waals surface area contributed by atoms with E-state index in [9.17, 15) is 15.2 Å². The van der Waals surface area contributed by atoms with Crippen LogP contribution in [0.25, 0.3) is 0 Å². The number of nitrogens with one attached hydrogen (secondary N) is 1. The number of anilines is 1. The summed E-state index contributed by atoms with van der Waals surface area (Å²) in [6, 6.07) is 9.85. The summed E-state index contributed by atoms with van der Waals surface area (Å²) >= 11 is 3.32. The van der Waals surface area contributed by atoms with Gasteiger partial charge in [-0.2, -0.15) is 5.10 Å². The van der Waals surface area contributed by atoms with Crippen molar-refractivity contribution in [2.45, 2.75) is 0 Å². The van der Waals surface area contributed by atoms with Crippen LogP contribution in [-0.2, 0) is 0 Å². The molecule has 7 nitrogen and oxygen atoms in total. The zero-order valence-corrected chi connectivity index (χ0v) is 13.0. The average molecular weight is 365 g/mol. The van der Waals surface area contributed by atoms with Crippen LogP contribution in [0.15, 0.2) is 46.0 Å². The Morgan fingerprint density at radius 2 is 2.00 bits per heavy atom. The number of ether oxygens (including phenoxy) is 1. The molecule has 0 saturated heterocycles. The van der Waals surface area contributed by atoms with Gasteiger partial charge in [-0.3, -0.25) is 15.5 Å². The number of hydrogen-bond acceptors (Lipinski definition) is 6. The minimum absolute atomic E-state index is 0.0979. The Hall–Kier alpha value is -2.61. The summed E-state index contributed by atoms with van der Waals surface area (Å²) in [5, 5.41) is 26.5. The van der Waals surface area contributed by atoms with E-state index in [4.69, 9.17) is 4.74 Å². The van der Waals surface area contributed by atoms with Crippen LogP contribution in [0.5, 0.6) is 11.5 Å². The van der Waals surface area contributed by atoms with Crippen LogP contribution in [0.2, 0.25) is 0 Å². The molecule has 2 aromatic carbocycles. The first-order chi connectivity index (χ1) is 10.5. The lowest BCUT2D eigenvalue weighted by atomic mass is 10.2. The SMILES string of the molecule is COc1cc(/C=N\Nc2ccc(Br)cc2)cc([N+](=O)[O-])c1[O-]. The topological polar surface area (TPSA) is 99.8 Å². The Morgan fingerprint density at radius 1 is 1.32 bits per heavy atom. The third-order valence-electron chi connectivity index (χ3n) is 2.73. The Kier molecular flexibility index (Phi) is 4.95. The lowest BCUT2D eigenvalue weighted by molar-refractivity contribution is -0.398. The van der Waals surface area contributed by atoms with Crippen LogP contribution in [0.4, 0.5) is 11.4 Å². The predicted octanol–water partition coefficient (Wildman–Crippen LogP) is 2.89. The fourth-order valence-corrected chi connectivity index (χ4v) is 1.94. The Balaban J connectivity index is 2.21. The first-order valence-electron chi connectivity index (χ1n) is 6.09. The molecule has 0 radical (unpaired) electrons. The van der Waals surface area contributed by atoms with Gasteiger partial charge in [-0.15, -0.1) is 0 Å². The number of methoxy groups -OCH3 is 1. The van der Waals surface area contributed by atoms with Crippen LogP contribution in [-0.4, -0.2) is 18.2 Å². The number of nitrogens with zero attached hydrogens (tertiary/aromatic N) is 2. The highest BCUT2D eigenvalue weighted by Gasteiger charge is 2.12. The molecule has 22 heavy (non-hydrogen) atoms. The molecule has 0 amide bonds. The number of nitro benzene ring substituents is 1. The number of benzene rings is 2. The van der Waals surface area contributed by atoms with E-state index in [1.54, 1.807) is 0 Å². The smallest absolute Gasteiger partial charge is 0.266 e. The van der Waals surface area contributed by atoms with Gasteiger partial charge in [0.1, 0.15) is 5.75 Å². The largest absolute Gasteiger partial charge is 0.865 e. The second kappa shape index (κ2) is 6.90. The summed E-state index contributed by atoms with van der Waals surface area (Å²) in [4.78, 5) is 10.1. The number of hydrazone groups is 1. The molecular weight excluding hydrogens is 354 g/mol. The molecule has 0 aliphatic carbocycles. The normalized spacial score (nSPS) is 10.6. The van der Waals surface area contributed by atoms with Crippen LogP contribution in [0.1, 0.15) is 5.56 Å². The summed E-state index contributed by atoms with van der Waals surface area (Å²) in [5.74, 6) is -0.857. The molecule has 0 spiro atoms. The van der Waals surface area contributed by atoms with Gasteiger partial charge >= 0.3 is 0 Å². The van der Waals surface area contributed by atoms with Gasteiger partial charge in [0.05, 0.1) is 23.9 Å². The molecule has 2 aromatic rings. The number of rotatable bonds is 5. The molecule has 114 valence electrons. The molecule has 2 rings (SSSR count). The van der Waals surface area contributed by atoms with Crippen molar-refractivity contribution in [3.05, 3.63) is 56.5 Å². The van der Waals surface area contributed by atoms with Gasteiger partial charge in [-0.05, 0) is 30.3 Å². The van der Waals surface area contributed by atoms with Gasteiger partial charge in [-0.25, -0.2) is 0 Å². The van der Waals surface area contributed by atoms with E-state index < -0.39 is 16.4 Å². The Labute approximate surface area is 134 Å². The lowest BCUT2D eigenvalue weighted by Gasteiger charge is -2.12. The number of hydrogen-bond donors (Lipinski definition) is 1. The van der Waals surface area contributed by atoms with Crippen molar-refractivity contribution in [1.29, 1.82) is 0 Å². The Morgan fingerprint density at radius 3 is 2.59 bits per heavy atom. The van der Waals surface area contributed by atoms with Crippen LogP contribution in [0.3, 0.4) is 0 Å². The quantitative estimate of drug-likeness (QED) is 0.499. The van der Waals surface area contributed by atoms with Crippen molar-refractivity contribution in [1.82, 2.24) is 0 Å². The highest BCUT2D eigenvalue weighted by atomic mass is 79.9. The molecule has 8 heteroatoms. The molecular formula is C14H11BrN3O4-. The zero-order valence-electron chi connectivity index (χ0n) is 11.4. The monoisotopic (exact) mass is 364 g/mol. The minimum Gasteiger partial charge on any atom is -0.865 e. The van der Waals surface area contributed by atoms with Gasteiger partial charge in [0.15, 0.2) is 0 Å². The van der Waals surface area contributed by atoms with Crippen molar-refractivity contribution in [2.24, 2.45) is 5.10 Å². The maximum Gasteiger partial charge on any atom is 0.266 e. The summed E-state index contributed by atoms with van der Waals surface area (Å²) in [7, 11) is 1.28. The fourth-order valence-electron chi connectivity index (χ4n) is 1.68. The van der Waals surface area contributed by atoms with Crippen molar-refractivity contribution in [3.8, 4) is 11.5 Å². The average Bonchev–Trinajstić information content (AvgIpc) is 2.50. The van der Waals surface area contributed by atoms with E-state index >= 15 is 0 Å². The van der Waals surface area contributed by atoms with Crippen molar-refractivity contribution in [2.75, 3.05) is 12.5 Å². The molecule has 0 atom stereocenters. The second-order valence-corrected chi connectivity index (χ2v) is 5.12. The second-order valence-electron chi connectivity index (χ2n) is 4.21. The van der Waals surface area contributed by atoms with E-state index in [1.807, 2.05) is 24.3 Å². The molecule has 0 fully saturated rings. The first-order valence-corrected chi connectivity index (χ1v) is 6.88. The summed E-state index contributed by atoms with van der Waals surface area (Å²) in [6.45, 7) is 0. The molecule has 0 saturated carbocycles. The van der Waals surface area contributed by atoms with Gasteiger partial charge < -0.3 is 9.84 Å². The summed E-state index contributed by atoms with van der Waals surface area (Å²) in [5.41, 5.74) is 3.36. The highest BCUT2D eigenvalue weighted by molar-refractivity contribution is 9.10. The van der Waals surface area contributed by atoms with Crippen molar-refractivity contribution < 1.29 is 14.8 Å². The molecule has 0 aliphatic heterocycles. The number of nitro groups is 1. The summed E-state index contributed by atoms with van der Waals surface area (Å²) < 4.78 is 5.79. The lowest BCUT2D eigenvalue weighted by Crippen LogP contribution is -2.02. The maximum atomic E-state index is 11.7. The Bertz CT molecular complexity index is 717. The van der Waals surface area contributed by atoms with E-state index in [-0.39, 0.29) is 5.75 Å². The van der Waals surface area contributed by atoms with Crippen molar-refractivity contribution in [3.63, 3.8) is 0 Å². The van der Waals surface area contributed by atoms with Crippen molar-refractivity contribution >= 4 is 33.5 Å². The standard InChI is InChI=1S/C14H12BrN3O4/c1-22-13-7-9(6-12(14(13)19)18(20)21)8-16-17-11-4-2-10(15)3-5-11/h2-8,17,19H,1H3/p-1/b16-8-. The molecule has 0 unspecified atom stereocenters. The first kappa shape index (κ1) is 15.8. The van der Waals surface area contributed by atoms with Gasteiger partial charge in [0.2, 0.25) is 0 Å². The van der Waals surface area contributed by atoms with Crippen LogP contribution >= 0.6 is 15.9 Å². The number of halogens is 1. The predicted molar refractivity (Wildman–Crippen MR) is 84.5 cm³/mol. The fraction of sp³-hybridized carbons (Fsp3) is 0.0714. The molecule has 0 aromatic heterocycles. The zero-order chi connectivity index (χ0) is 16.1. The third-order valence-corrected chi connectivity index (χ3v) is 3.25. The maximum absolute atomic E-state index is 11.7. The molecule has 0 heterocycles. The highest BCUT2D eigenvalue weighted by Crippen LogP contribution is 2.33. The molecule has 1 N–H and O–H groups in total. The van der Waals surface area contributed by atoms with Crippen LogP contribution in [0, 0.1) is 10.1 Å².